The molecule has 1 rings (SSSR count). The highest BCUT2D eigenvalue weighted by Crippen LogP contribution is 2.30. The van der Waals surface area contributed by atoms with Crippen LogP contribution in [0.2, 0.25) is 10.0 Å². The molecule has 0 fully saturated rings. The summed E-state index contributed by atoms with van der Waals surface area (Å²) < 4.78 is 0. The van der Waals surface area contributed by atoms with E-state index in [9.17, 15) is 9.90 Å². The Labute approximate surface area is 129 Å². The second kappa shape index (κ2) is 8.47. The highest BCUT2D eigenvalue weighted by Gasteiger charge is 2.24. The van der Waals surface area contributed by atoms with Crippen LogP contribution in [0.15, 0.2) is 18.2 Å². The molecule has 0 spiro atoms. The van der Waals surface area contributed by atoms with Gasteiger partial charge < -0.3 is 10.0 Å². The van der Waals surface area contributed by atoms with Gasteiger partial charge in [0.2, 0.25) is 0 Å². The molecule has 1 atom stereocenters. The first-order valence-corrected chi connectivity index (χ1v) is 7.39. The van der Waals surface area contributed by atoms with Gasteiger partial charge in [-0.1, -0.05) is 43.1 Å². The molecule has 112 valence electrons. The lowest BCUT2D eigenvalue weighted by atomic mass is 10.1. The van der Waals surface area contributed by atoms with Gasteiger partial charge in [0.15, 0.2) is 0 Å². The number of halogens is 2. The smallest absolute Gasteiger partial charge is 0.325 e. The summed E-state index contributed by atoms with van der Waals surface area (Å²) in [6.07, 6.45) is 0. The highest BCUT2D eigenvalue weighted by molar-refractivity contribution is 6.36. The SMILES string of the molecule is CCN(CC)CCNC(C(=O)O)c1c(Cl)cccc1Cl. The molecule has 0 saturated heterocycles. The number of nitrogens with zero attached hydrogens (tertiary/aromatic N) is 1. The monoisotopic (exact) mass is 318 g/mol. The van der Waals surface area contributed by atoms with Gasteiger partial charge in [0.05, 0.1) is 0 Å². The molecule has 0 heterocycles. The van der Waals surface area contributed by atoms with E-state index in [1.54, 1.807) is 18.2 Å². The number of rotatable bonds is 8. The Kier molecular flexibility index (Phi) is 7.30. The minimum Gasteiger partial charge on any atom is -0.480 e. The Bertz CT molecular complexity index is 431. The molecule has 6 heteroatoms. The van der Waals surface area contributed by atoms with Gasteiger partial charge in [0, 0.05) is 28.7 Å². The van der Waals surface area contributed by atoms with E-state index in [1.807, 2.05) is 0 Å². The lowest BCUT2D eigenvalue weighted by Crippen LogP contribution is -2.36. The van der Waals surface area contributed by atoms with Crippen LogP contribution in [0.25, 0.3) is 0 Å². The van der Waals surface area contributed by atoms with Crippen molar-refractivity contribution in [2.75, 3.05) is 26.2 Å². The molecule has 0 saturated carbocycles. The van der Waals surface area contributed by atoms with Crippen molar-refractivity contribution in [1.29, 1.82) is 0 Å². The molecule has 0 radical (unpaired) electrons. The fourth-order valence-electron chi connectivity index (χ4n) is 2.01. The Hall–Kier alpha value is -0.810. The maximum absolute atomic E-state index is 11.4. The molecule has 1 aromatic rings. The molecule has 1 unspecified atom stereocenters. The van der Waals surface area contributed by atoms with E-state index in [-0.39, 0.29) is 0 Å². The van der Waals surface area contributed by atoms with Crippen molar-refractivity contribution in [2.45, 2.75) is 19.9 Å². The first kappa shape index (κ1) is 17.2. The van der Waals surface area contributed by atoms with Gasteiger partial charge in [-0.05, 0) is 25.2 Å². The minimum atomic E-state index is -0.987. The maximum atomic E-state index is 11.4. The van der Waals surface area contributed by atoms with Crippen molar-refractivity contribution in [2.24, 2.45) is 0 Å². The molecule has 1 aromatic carbocycles. The zero-order valence-corrected chi connectivity index (χ0v) is 13.2. The van der Waals surface area contributed by atoms with Crippen LogP contribution in [0.1, 0.15) is 25.5 Å². The maximum Gasteiger partial charge on any atom is 0.325 e. The predicted molar refractivity (Wildman–Crippen MR) is 82.6 cm³/mol. The lowest BCUT2D eigenvalue weighted by molar-refractivity contribution is -0.139. The topological polar surface area (TPSA) is 52.6 Å². The molecule has 0 bridgehead atoms. The van der Waals surface area contributed by atoms with E-state index in [1.165, 1.54) is 0 Å². The standard InChI is InChI=1S/C14H20Cl2N2O2/c1-3-18(4-2)9-8-17-13(14(19)20)12-10(15)6-5-7-11(12)16/h5-7,13,17H,3-4,8-9H2,1-2H3,(H,19,20). The molecular formula is C14H20Cl2N2O2. The van der Waals surface area contributed by atoms with E-state index in [0.29, 0.717) is 22.2 Å². The number of hydrogen-bond donors (Lipinski definition) is 2. The summed E-state index contributed by atoms with van der Waals surface area (Å²) in [6.45, 7) is 7.34. The van der Waals surface area contributed by atoms with Crippen LogP contribution in [0, 0.1) is 0 Å². The van der Waals surface area contributed by atoms with Crippen molar-refractivity contribution in [3.8, 4) is 0 Å². The Morgan fingerprint density at radius 3 is 2.30 bits per heavy atom. The summed E-state index contributed by atoms with van der Waals surface area (Å²) in [7, 11) is 0. The third-order valence-electron chi connectivity index (χ3n) is 3.21. The zero-order valence-electron chi connectivity index (χ0n) is 11.7. The normalized spacial score (nSPS) is 12.7. The van der Waals surface area contributed by atoms with Crippen LogP contribution >= 0.6 is 23.2 Å². The summed E-state index contributed by atoms with van der Waals surface area (Å²) in [5.41, 5.74) is 0.419. The van der Waals surface area contributed by atoms with Crippen LogP contribution in [-0.2, 0) is 4.79 Å². The first-order chi connectivity index (χ1) is 9.51. The van der Waals surface area contributed by atoms with E-state index in [0.717, 1.165) is 19.6 Å². The van der Waals surface area contributed by atoms with Gasteiger partial charge >= 0.3 is 5.97 Å². The number of carboxylic acid groups (broad SMARTS) is 1. The number of hydrogen-bond acceptors (Lipinski definition) is 3. The average molecular weight is 319 g/mol. The lowest BCUT2D eigenvalue weighted by Gasteiger charge is -2.21. The van der Waals surface area contributed by atoms with Gasteiger partial charge in [0.1, 0.15) is 6.04 Å². The Morgan fingerprint density at radius 1 is 1.30 bits per heavy atom. The van der Waals surface area contributed by atoms with Crippen molar-refractivity contribution in [3.05, 3.63) is 33.8 Å². The quantitative estimate of drug-likeness (QED) is 0.773. The minimum absolute atomic E-state index is 0.361. The second-order valence-corrected chi connectivity index (χ2v) is 5.20. The molecule has 4 nitrogen and oxygen atoms in total. The van der Waals surface area contributed by atoms with Crippen LogP contribution in [0.5, 0.6) is 0 Å². The summed E-state index contributed by atoms with van der Waals surface area (Å²) in [5, 5.41) is 13.1. The molecular weight excluding hydrogens is 299 g/mol. The van der Waals surface area contributed by atoms with E-state index in [4.69, 9.17) is 23.2 Å². The van der Waals surface area contributed by atoms with E-state index in [2.05, 4.69) is 24.1 Å². The number of likely N-dealkylation sites (N-methyl/N-ethyl adjacent to an activating group) is 1. The van der Waals surface area contributed by atoms with Crippen molar-refractivity contribution >= 4 is 29.2 Å². The highest BCUT2D eigenvalue weighted by atomic mass is 35.5. The molecule has 2 N–H and O–H groups in total. The number of carboxylic acids is 1. The third-order valence-corrected chi connectivity index (χ3v) is 3.87. The number of nitrogens with one attached hydrogen (secondary N) is 1. The van der Waals surface area contributed by atoms with Gasteiger partial charge in [-0.3, -0.25) is 10.1 Å². The van der Waals surface area contributed by atoms with E-state index < -0.39 is 12.0 Å². The molecule has 0 aliphatic carbocycles. The average Bonchev–Trinajstić information content (AvgIpc) is 2.41. The number of benzene rings is 1. The summed E-state index contributed by atoms with van der Waals surface area (Å²) in [5.74, 6) is -0.987. The summed E-state index contributed by atoms with van der Waals surface area (Å²) >= 11 is 12.1. The van der Waals surface area contributed by atoms with Gasteiger partial charge in [-0.15, -0.1) is 0 Å². The van der Waals surface area contributed by atoms with Gasteiger partial charge in [-0.2, -0.15) is 0 Å². The molecule has 0 aliphatic heterocycles. The molecule has 0 aliphatic rings. The van der Waals surface area contributed by atoms with Crippen LogP contribution < -0.4 is 5.32 Å². The fraction of sp³-hybridized carbons (Fsp3) is 0.500. The summed E-state index contributed by atoms with van der Waals surface area (Å²) in [4.78, 5) is 13.6. The molecule has 0 aromatic heterocycles. The van der Waals surface area contributed by atoms with Crippen LogP contribution in [0.3, 0.4) is 0 Å². The first-order valence-electron chi connectivity index (χ1n) is 6.63. The zero-order chi connectivity index (χ0) is 15.1. The van der Waals surface area contributed by atoms with Crippen molar-refractivity contribution < 1.29 is 9.90 Å². The fourth-order valence-corrected chi connectivity index (χ4v) is 2.62. The molecule has 20 heavy (non-hydrogen) atoms. The van der Waals surface area contributed by atoms with Crippen LogP contribution in [-0.4, -0.2) is 42.2 Å². The number of carbonyl (C=O) groups is 1. The Balaban J connectivity index is 2.78. The van der Waals surface area contributed by atoms with Crippen LogP contribution in [0.4, 0.5) is 0 Å². The largest absolute Gasteiger partial charge is 0.480 e. The molecule has 0 amide bonds. The second-order valence-electron chi connectivity index (χ2n) is 4.39. The third kappa shape index (κ3) is 4.63. The summed E-state index contributed by atoms with van der Waals surface area (Å²) in [6, 6.07) is 4.09. The number of aliphatic carboxylic acids is 1. The van der Waals surface area contributed by atoms with Gasteiger partial charge in [0.25, 0.3) is 0 Å². The Morgan fingerprint density at radius 2 is 1.85 bits per heavy atom. The van der Waals surface area contributed by atoms with Crippen molar-refractivity contribution in [1.82, 2.24) is 10.2 Å². The van der Waals surface area contributed by atoms with Gasteiger partial charge in [-0.25, -0.2) is 0 Å². The predicted octanol–water partition coefficient (Wildman–Crippen LogP) is 3.05. The van der Waals surface area contributed by atoms with Crippen molar-refractivity contribution in [3.63, 3.8) is 0 Å². The van der Waals surface area contributed by atoms with E-state index >= 15 is 0 Å².